The fourth-order valence-corrected chi connectivity index (χ4v) is 3.19. The highest BCUT2D eigenvalue weighted by Crippen LogP contribution is 2.35. The van der Waals surface area contributed by atoms with E-state index in [9.17, 15) is 14.4 Å². The number of rotatable bonds is 8. The van der Waals surface area contributed by atoms with Crippen molar-refractivity contribution < 1.29 is 24.2 Å². The molecule has 0 atom stereocenters. The van der Waals surface area contributed by atoms with Crippen molar-refractivity contribution in [3.63, 3.8) is 0 Å². The van der Waals surface area contributed by atoms with Crippen LogP contribution in [0.25, 0.3) is 0 Å². The summed E-state index contributed by atoms with van der Waals surface area (Å²) < 4.78 is 5.69. The Morgan fingerprint density at radius 2 is 1.67 bits per heavy atom. The number of carbonyl (C=O) groups is 3. The summed E-state index contributed by atoms with van der Waals surface area (Å²) in [5, 5.41) is 14.2. The second-order valence-electron chi connectivity index (χ2n) is 6.63. The van der Waals surface area contributed by atoms with Gasteiger partial charge in [0.2, 0.25) is 5.91 Å². The molecule has 2 amide bonds. The normalized spacial score (nSPS) is 10.6. The predicted molar refractivity (Wildman–Crippen MR) is 116 cm³/mol. The van der Waals surface area contributed by atoms with Crippen LogP contribution in [-0.4, -0.2) is 29.4 Å². The minimum absolute atomic E-state index is 0.0507. The lowest BCUT2D eigenvalue weighted by Crippen LogP contribution is -2.29. The fraction of sp³-hybridized carbons (Fsp3) is 0.250. The zero-order valence-corrected chi connectivity index (χ0v) is 18.4. The molecule has 2 aromatic carbocycles. The number of amides is 2. The third-order valence-corrected chi connectivity index (χ3v) is 4.57. The zero-order valence-electron chi connectivity index (χ0n) is 16.1. The van der Waals surface area contributed by atoms with Crippen molar-refractivity contribution in [3.8, 4) is 5.75 Å². The highest BCUT2D eigenvalue weighted by atomic mass is 35.5. The molecular weight excluding hydrogens is 455 g/mol. The Kier molecular flexibility index (Phi) is 8.34. The van der Waals surface area contributed by atoms with Crippen LogP contribution in [0.3, 0.4) is 0 Å². The number of halogens is 3. The van der Waals surface area contributed by atoms with E-state index in [-0.39, 0.29) is 39.8 Å². The molecule has 0 saturated heterocycles. The van der Waals surface area contributed by atoms with E-state index in [1.165, 1.54) is 12.1 Å². The van der Waals surface area contributed by atoms with Crippen LogP contribution < -0.4 is 15.4 Å². The first-order valence-corrected chi connectivity index (χ1v) is 9.92. The van der Waals surface area contributed by atoms with Crippen molar-refractivity contribution in [3.05, 3.63) is 56.5 Å². The minimum Gasteiger partial charge on any atom is -0.486 e. The molecule has 0 spiro atoms. The topological polar surface area (TPSA) is 105 Å². The molecule has 0 saturated carbocycles. The Bertz CT molecular complexity index is 956. The van der Waals surface area contributed by atoms with Gasteiger partial charge in [-0.3, -0.25) is 14.4 Å². The maximum Gasteiger partial charge on any atom is 0.322 e. The lowest BCUT2D eigenvalue weighted by atomic mass is 10.1. The van der Waals surface area contributed by atoms with Crippen LogP contribution in [0.5, 0.6) is 5.75 Å². The van der Waals surface area contributed by atoms with Crippen LogP contribution in [0.2, 0.25) is 15.1 Å². The van der Waals surface area contributed by atoms with Crippen molar-refractivity contribution in [2.24, 2.45) is 5.92 Å². The van der Waals surface area contributed by atoms with E-state index in [2.05, 4.69) is 10.6 Å². The summed E-state index contributed by atoms with van der Waals surface area (Å²) in [5.41, 5.74) is 1.29. The monoisotopic (exact) mass is 472 g/mol. The van der Waals surface area contributed by atoms with Gasteiger partial charge in [0.05, 0.1) is 10.0 Å². The number of hydrogen-bond donors (Lipinski definition) is 3. The molecule has 2 aromatic rings. The smallest absolute Gasteiger partial charge is 0.322 e. The van der Waals surface area contributed by atoms with E-state index in [1.807, 2.05) is 0 Å². The van der Waals surface area contributed by atoms with Gasteiger partial charge < -0.3 is 20.5 Å². The molecule has 0 radical (unpaired) electrons. The van der Waals surface area contributed by atoms with Gasteiger partial charge in [-0.05, 0) is 35.9 Å². The van der Waals surface area contributed by atoms with Gasteiger partial charge in [0.1, 0.15) is 13.2 Å². The molecular formula is C20H19Cl3N2O5. The summed E-state index contributed by atoms with van der Waals surface area (Å²) in [6, 6.07) is 7.65. The van der Waals surface area contributed by atoms with Crippen LogP contribution in [0.4, 0.5) is 5.69 Å². The summed E-state index contributed by atoms with van der Waals surface area (Å²) in [4.78, 5) is 34.4. The Hall–Kier alpha value is -2.48. The number of nitrogens with one attached hydrogen (secondary N) is 2. The number of carboxylic acids is 1. The van der Waals surface area contributed by atoms with E-state index in [4.69, 9.17) is 44.6 Å². The van der Waals surface area contributed by atoms with Crippen molar-refractivity contribution >= 4 is 58.3 Å². The predicted octanol–water partition coefficient (Wildman–Crippen LogP) is 4.63. The molecule has 30 heavy (non-hydrogen) atoms. The SMILES string of the molecule is CC(C)C(=O)Nc1cc(Cl)cc(COc2c(Cl)cc(C(=O)NCC(=O)O)cc2Cl)c1. The summed E-state index contributed by atoms with van der Waals surface area (Å²) in [6.07, 6.45) is 0. The maximum atomic E-state index is 12.0. The van der Waals surface area contributed by atoms with Gasteiger partial charge in [0.15, 0.2) is 5.75 Å². The van der Waals surface area contributed by atoms with Crippen LogP contribution in [0.1, 0.15) is 29.8 Å². The number of aliphatic carboxylic acids is 1. The molecule has 0 bridgehead atoms. The van der Waals surface area contributed by atoms with Crippen molar-refractivity contribution in [1.82, 2.24) is 5.32 Å². The molecule has 0 heterocycles. The molecule has 10 heteroatoms. The average molecular weight is 474 g/mol. The highest BCUT2D eigenvalue weighted by Gasteiger charge is 2.15. The Morgan fingerprint density at radius 1 is 1.03 bits per heavy atom. The number of carbonyl (C=O) groups excluding carboxylic acids is 2. The quantitative estimate of drug-likeness (QED) is 0.518. The number of hydrogen-bond acceptors (Lipinski definition) is 4. The first-order chi connectivity index (χ1) is 14.1. The Morgan fingerprint density at radius 3 is 2.23 bits per heavy atom. The van der Waals surface area contributed by atoms with E-state index < -0.39 is 18.4 Å². The van der Waals surface area contributed by atoms with E-state index in [1.54, 1.807) is 32.0 Å². The number of ether oxygens (including phenoxy) is 1. The van der Waals surface area contributed by atoms with Crippen LogP contribution in [-0.2, 0) is 16.2 Å². The van der Waals surface area contributed by atoms with E-state index in [0.29, 0.717) is 16.3 Å². The number of benzene rings is 2. The van der Waals surface area contributed by atoms with Gasteiger partial charge >= 0.3 is 5.97 Å². The molecule has 2 rings (SSSR count). The fourth-order valence-electron chi connectivity index (χ4n) is 2.33. The second-order valence-corrected chi connectivity index (χ2v) is 7.88. The third-order valence-electron chi connectivity index (χ3n) is 3.79. The summed E-state index contributed by atoms with van der Waals surface area (Å²) in [7, 11) is 0. The lowest BCUT2D eigenvalue weighted by Gasteiger charge is -2.14. The second kappa shape index (κ2) is 10.5. The van der Waals surface area contributed by atoms with Gasteiger partial charge in [0.25, 0.3) is 5.91 Å². The molecule has 7 nitrogen and oxygen atoms in total. The molecule has 0 unspecified atom stereocenters. The summed E-state index contributed by atoms with van der Waals surface area (Å²) in [5.74, 6) is -1.99. The van der Waals surface area contributed by atoms with Gasteiger partial charge in [-0.25, -0.2) is 0 Å². The summed E-state index contributed by atoms with van der Waals surface area (Å²) in [6.45, 7) is 3.07. The van der Waals surface area contributed by atoms with Crippen molar-refractivity contribution in [1.29, 1.82) is 0 Å². The standard InChI is InChI=1S/C20H19Cl3N2O5/c1-10(2)19(28)25-14-4-11(3-13(21)7-14)9-30-18-15(22)5-12(6-16(18)23)20(29)24-8-17(26)27/h3-7,10H,8-9H2,1-2H3,(H,24,29)(H,25,28)(H,26,27). The van der Waals surface area contributed by atoms with Gasteiger partial charge in [-0.15, -0.1) is 0 Å². The molecule has 0 fully saturated rings. The van der Waals surface area contributed by atoms with Crippen molar-refractivity contribution in [2.45, 2.75) is 20.5 Å². The Labute approximate surface area is 188 Å². The number of anilines is 1. The molecule has 0 aromatic heterocycles. The Balaban J connectivity index is 2.14. The summed E-state index contributed by atoms with van der Waals surface area (Å²) >= 11 is 18.5. The van der Waals surface area contributed by atoms with Crippen molar-refractivity contribution in [2.75, 3.05) is 11.9 Å². The highest BCUT2D eigenvalue weighted by molar-refractivity contribution is 6.37. The maximum absolute atomic E-state index is 12.0. The van der Waals surface area contributed by atoms with Crippen LogP contribution in [0.15, 0.2) is 30.3 Å². The van der Waals surface area contributed by atoms with Crippen LogP contribution >= 0.6 is 34.8 Å². The number of carboxylic acid groups (broad SMARTS) is 1. The third kappa shape index (κ3) is 6.79. The first-order valence-electron chi connectivity index (χ1n) is 8.79. The first kappa shape index (κ1) is 23.8. The molecule has 0 aliphatic rings. The van der Waals surface area contributed by atoms with Gasteiger partial charge in [-0.2, -0.15) is 0 Å². The van der Waals surface area contributed by atoms with E-state index in [0.717, 1.165) is 0 Å². The van der Waals surface area contributed by atoms with E-state index >= 15 is 0 Å². The lowest BCUT2D eigenvalue weighted by molar-refractivity contribution is -0.135. The molecule has 0 aliphatic carbocycles. The van der Waals surface area contributed by atoms with Crippen LogP contribution in [0, 0.1) is 5.92 Å². The zero-order chi connectivity index (χ0) is 22.4. The van der Waals surface area contributed by atoms with Gasteiger partial charge in [-0.1, -0.05) is 48.7 Å². The largest absolute Gasteiger partial charge is 0.486 e. The van der Waals surface area contributed by atoms with Gasteiger partial charge in [0, 0.05) is 22.2 Å². The molecule has 0 aliphatic heterocycles. The average Bonchev–Trinajstić information content (AvgIpc) is 2.64. The molecule has 3 N–H and O–H groups in total. The molecule has 160 valence electrons. The minimum atomic E-state index is -1.18.